The summed E-state index contributed by atoms with van der Waals surface area (Å²) in [5.41, 5.74) is 1.20. The van der Waals surface area contributed by atoms with Crippen LogP contribution in [0.4, 0.5) is 0 Å². The third-order valence-corrected chi connectivity index (χ3v) is 3.80. The van der Waals surface area contributed by atoms with Gasteiger partial charge in [-0.25, -0.2) is 4.79 Å². The maximum atomic E-state index is 12.2. The summed E-state index contributed by atoms with van der Waals surface area (Å²) in [6, 6.07) is 7.62. The average molecular weight is 321 g/mol. The van der Waals surface area contributed by atoms with Gasteiger partial charge in [0.05, 0.1) is 12.6 Å². The van der Waals surface area contributed by atoms with Gasteiger partial charge in [-0.15, -0.1) is 0 Å². The van der Waals surface area contributed by atoms with Crippen LogP contribution in [0.15, 0.2) is 24.3 Å². The Morgan fingerprint density at radius 1 is 1.30 bits per heavy atom. The first-order valence-corrected chi connectivity index (χ1v) is 7.75. The zero-order chi connectivity index (χ0) is 17.0. The summed E-state index contributed by atoms with van der Waals surface area (Å²) >= 11 is 0. The summed E-state index contributed by atoms with van der Waals surface area (Å²) in [4.78, 5) is 24.7. The molecular formula is C17H23NO5. The van der Waals surface area contributed by atoms with E-state index < -0.39 is 12.1 Å². The van der Waals surface area contributed by atoms with Crippen molar-refractivity contribution in [1.82, 2.24) is 4.90 Å². The van der Waals surface area contributed by atoms with Gasteiger partial charge in [0.25, 0.3) is 5.91 Å². The number of ether oxygens (including phenoxy) is 2. The van der Waals surface area contributed by atoms with E-state index in [1.807, 2.05) is 24.3 Å². The predicted octanol–water partition coefficient (Wildman–Crippen LogP) is 1.89. The number of hydrogen-bond donors (Lipinski definition) is 1. The van der Waals surface area contributed by atoms with Gasteiger partial charge in [-0.2, -0.15) is 0 Å². The fraction of sp³-hybridized carbons (Fsp3) is 0.529. The number of carbonyl (C=O) groups is 2. The van der Waals surface area contributed by atoms with E-state index in [4.69, 9.17) is 14.6 Å². The molecule has 1 aliphatic heterocycles. The van der Waals surface area contributed by atoms with Gasteiger partial charge in [0.1, 0.15) is 5.75 Å². The second-order valence-electron chi connectivity index (χ2n) is 6.08. The molecule has 0 saturated carbocycles. The van der Waals surface area contributed by atoms with E-state index in [9.17, 15) is 9.59 Å². The number of benzene rings is 1. The number of nitrogens with zero attached hydrogens (tertiary/aromatic N) is 1. The van der Waals surface area contributed by atoms with Gasteiger partial charge in [-0.3, -0.25) is 4.79 Å². The predicted molar refractivity (Wildman–Crippen MR) is 84.6 cm³/mol. The van der Waals surface area contributed by atoms with Crippen LogP contribution in [0.1, 0.15) is 32.3 Å². The molecule has 1 aliphatic rings. The number of carbonyl (C=O) groups excluding carboxylic acids is 1. The van der Waals surface area contributed by atoms with Crippen LogP contribution in [0, 0.1) is 0 Å². The molecule has 2 rings (SSSR count). The Hall–Kier alpha value is -2.08. The molecule has 1 fully saturated rings. The molecule has 1 unspecified atom stereocenters. The fourth-order valence-corrected chi connectivity index (χ4v) is 2.48. The summed E-state index contributed by atoms with van der Waals surface area (Å²) in [6.45, 7) is 6.28. The molecule has 1 N–H and O–H groups in total. The first kappa shape index (κ1) is 17.3. The van der Waals surface area contributed by atoms with Crippen LogP contribution >= 0.6 is 0 Å². The fourth-order valence-electron chi connectivity index (χ4n) is 2.48. The summed E-state index contributed by atoms with van der Waals surface area (Å²) in [5.74, 6) is -0.230. The monoisotopic (exact) mass is 321 g/mol. The molecule has 1 saturated heterocycles. The Morgan fingerprint density at radius 3 is 2.52 bits per heavy atom. The first-order valence-electron chi connectivity index (χ1n) is 7.75. The van der Waals surface area contributed by atoms with Crippen molar-refractivity contribution in [3.63, 3.8) is 0 Å². The van der Waals surface area contributed by atoms with Gasteiger partial charge >= 0.3 is 5.97 Å². The minimum absolute atomic E-state index is 0.0498. The van der Waals surface area contributed by atoms with Crippen LogP contribution in [-0.2, 0) is 14.3 Å². The van der Waals surface area contributed by atoms with Gasteiger partial charge in [0.15, 0.2) is 12.7 Å². The van der Waals surface area contributed by atoms with Gasteiger partial charge in [0.2, 0.25) is 0 Å². The minimum atomic E-state index is -1.06. The van der Waals surface area contributed by atoms with E-state index >= 15 is 0 Å². The quantitative estimate of drug-likeness (QED) is 0.896. The van der Waals surface area contributed by atoms with Gasteiger partial charge < -0.3 is 19.5 Å². The number of carboxylic acid groups (broad SMARTS) is 1. The standard InChI is InChI=1S/C17H23NO5/c1-11(2)13-4-6-14(7-5-13)22-10-16(19)18-8-12(3)23-15(9-18)17(20)21/h4-7,11-12,15H,8-10H2,1-3H3,(H,20,21)/t12-,15?/m1/s1. The first-order chi connectivity index (χ1) is 10.9. The smallest absolute Gasteiger partial charge is 0.334 e. The lowest BCUT2D eigenvalue weighted by Crippen LogP contribution is -2.52. The molecular weight excluding hydrogens is 298 g/mol. The molecule has 126 valence electrons. The van der Waals surface area contributed by atoms with Crippen LogP contribution in [0.2, 0.25) is 0 Å². The van der Waals surface area contributed by atoms with Crippen molar-refractivity contribution < 1.29 is 24.2 Å². The Bertz CT molecular complexity index is 555. The van der Waals surface area contributed by atoms with Gasteiger partial charge in [-0.1, -0.05) is 26.0 Å². The van der Waals surface area contributed by atoms with Crippen molar-refractivity contribution in [3.05, 3.63) is 29.8 Å². The van der Waals surface area contributed by atoms with E-state index in [0.717, 1.165) is 0 Å². The third kappa shape index (κ3) is 4.69. The highest BCUT2D eigenvalue weighted by Crippen LogP contribution is 2.19. The lowest BCUT2D eigenvalue weighted by molar-refractivity contribution is -0.167. The zero-order valence-corrected chi connectivity index (χ0v) is 13.7. The number of hydrogen-bond acceptors (Lipinski definition) is 4. The molecule has 1 amide bonds. The average Bonchev–Trinajstić information content (AvgIpc) is 2.52. The molecule has 0 spiro atoms. The van der Waals surface area contributed by atoms with Gasteiger partial charge in [0, 0.05) is 6.54 Å². The van der Waals surface area contributed by atoms with Crippen molar-refractivity contribution in [2.45, 2.75) is 38.9 Å². The van der Waals surface area contributed by atoms with Gasteiger partial charge in [-0.05, 0) is 30.5 Å². The molecule has 1 aromatic carbocycles. The molecule has 6 heteroatoms. The summed E-state index contributed by atoms with van der Waals surface area (Å²) in [5, 5.41) is 9.04. The van der Waals surface area contributed by atoms with Crippen LogP contribution < -0.4 is 4.74 Å². The van der Waals surface area contributed by atoms with Crippen molar-refractivity contribution in [2.75, 3.05) is 19.7 Å². The van der Waals surface area contributed by atoms with Crippen LogP contribution in [-0.4, -0.2) is 53.8 Å². The lowest BCUT2D eigenvalue weighted by Gasteiger charge is -2.34. The topological polar surface area (TPSA) is 76.1 Å². The largest absolute Gasteiger partial charge is 0.484 e. The molecule has 0 bridgehead atoms. The third-order valence-electron chi connectivity index (χ3n) is 3.80. The van der Waals surface area contributed by atoms with Crippen molar-refractivity contribution in [1.29, 1.82) is 0 Å². The van der Waals surface area contributed by atoms with E-state index in [2.05, 4.69) is 13.8 Å². The zero-order valence-electron chi connectivity index (χ0n) is 13.7. The van der Waals surface area contributed by atoms with E-state index in [0.29, 0.717) is 18.2 Å². The maximum Gasteiger partial charge on any atom is 0.334 e. The summed E-state index contributed by atoms with van der Waals surface area (Å²) in [6.07, 6.45) is -1.29. The number of morpholine rings is 1. The van der Waals surface area contributed by atoms with E-state index in [1.54, 1.807) is 6.92 Å². The highest BCUT2D eigenvalue weighted by atomic mass is 16.5. The lowest BCUT2D eigenvalue weighted by atomic mass is 10.0. The second kappa shape index (κ2) is 7.46. The maximum absolute atomic E-state index is 12.2. The number of amides is 1. The Kier molecular flexibility index (Phi) is 5.60. The SMILES string of the molecule is CC(C)c1ccc(OCC(=O)N2CC(C(=O)O)O[C@H](C)C2)cc1. The van der Waals surface area contributed by atoms with Crippen molar-refractivity contribution >= 4 is 11.9 Å². The Morgan fingerprint density at radius 2 is 1.96 bits per heavy atom. The van der Waals surface area contributed by atoms with Crippen molar-refractivity contribution in [2.24, 2.45) is 0 Å². The number of rotatable bonds is 5. The molecule has 0 aliphatic carbocycles. The number of aliphatic carboxylic acids is 1. The molecule has 23 heavy (non-hydrogen) atoms. The molecule has 0 aromatic heterocycles. The minimum Gasteiger partial charge on any atom is -0.484 e. The van der Waals surface area contributed by atoms with Crippen LogP contribution in [0.3, 0.4) is 0 Å². The van der Waals surface area contributed by atoms with E-state index in [-0.39, 0.29) is 25.2 Å². The molecule has 1 heterocycles. The summed E-state index contributed by atoms with van der Waals surface area (Å²) in [7, 11) is 0. The molecule has 6 nitrogen and oxygen atoms in total. The second-order valence-corrected chi connectivity index (χ2v) is 6.08. The summed E-state index contributed by atoms with van der Waals surface area (Å²) < 4.78 is 10.8. The van der Waals surface area contributed by atoms with E-state index in [1.165, 1.54) is 10.5 Å². The molecule has 0 radical (unpaired) electrons. The molecule has 2 atom stereocenters. The Balaban J connectivity index is 1.89. The Labute approximate surface area is 136 Å². The molecule has 1 aromatic rings. The highest BCUT2D eigenvalue weighted by molar-refractivity contribution is 5.80. The number of carboxylic acids is 1. The van der Waals surface area contributed by atoms with Crippen LogP contribution in [0.25, 0.3) is 0 Å². The normalized spacial score (nSPS) is 21.3. The van der Waals surface area contributed by atoms with Crippen LogP contribution in [0.5, 0.6) is 5.75 Å². The van der Waals surface area contributed by atoms with Crippen molar-refractivity contribution in [3.8, 4) is 5.75 Å². The highest BCUT2D eigenvalue weighted by Gasteiger charge is 2.32.